The molecule has 0 aliphatic heterocycles. The van der Waals surface area contributed by atoms with Gasteiger partial charge in [0.15, 0.2) is 0 Å². The molecule has 1 aromatic heterocycles. The minimum Gasteiger partial charge on any atom is -0.396 e. The topological polar surface area (TPSA) is 63.0 Å². The van der Waals surface area contributed by atoms with Gasteiger partial charge in [-0.25, -0.2) is 0 Å². The average Bonchev–Trinajstić information content (AvgIpc) is 2.67. The van der Waals surface area contributed by atoms with Crippen molar-refractivity contribution in [2.75, 3.05) is 13.2 Å². The molecule has 90 valence electrons. The maximum atomic E-state index is 8.70. The first-order valence-electron chi connectivity index (χ1n) is 6.09. The van der Waals surface area contributed by atoms with Crippen LogP contribution in [0.2, 0.25) is 0 Å². The Morgan fingerprint density at radius 1 is 1.50 bits per heavy atom. The lowest BCUT2D eigenvalue weighted by Crippen LogP contribution is -2.26. The summed E-state index contributed by atoms with van der Waals surface area (Å²) in [6, 6.07) is 0. The Morgan fingerprint density at radius 3 is 3.06 bits per heavy atom. The van der Waals surface area contributed by atoms with Gasteiger partial charge in [-0.1, -0.05) is 11.6 Å². The Morgan fingerprint density at radius 2 is 2.38 bits per heavy atom. The third-order valence-corrected chi connectivity index (χ3v) is 3.10. The number of hydrogen-bond donors (Lipinski definition) is 2. The van der Waals surface area contributed by atoms with Crippen molar-refractivity contribution in [3.8, 4) is 0 Å². The molecule has 1 aliphatic carbocycles. The van der Waals surface area contributed by atoms with Gasteiger partial charge in [-0.15, -0.1) is 5.10 Å². The van der Waals surface area contributed by atoms with Gasteiger partial charge in [0.1, 0.15) is 0 Å². The number of hydrogen-bond acceptors (Lipinski definition) is 4. The maximum Gasteiger partial charge on any atom is 0.0964 e. The molecule has 0 spiro atoms. The molecule has 1 aliphatic rings. The number of nitrogens with zero attached hydrogens (tertiary/aromatic N) is 3. The van der Waals surface area contributed by atoms with E-state index in [1.54, 1.807) is 4.68 Å². The number of rotatable bonds is 7. The molecule has 0 aromatic carbocycles. The summed E-state index contributed by atoms with van der Waals surface area (Å²) in [6.07, 6.45) is 6.82. The van der Waals surface area contributed by atoms with Crippen LogP contribution in [0.5, 0.6) is 0 Å². The van der Waals surface area contributed by atoms with E-state index in [1.807, 2.05) is 6.20 Å². The van der Waals surface area contributed by atoms with Crippen molar-refractivity contribution in [3.05, 3.63) is 11.9 Å². The molecule has 1 fully saturated rings. The molecule has 0 radical (unpaired) electrons. The van der Waals surface area contributed by atoms with E-state index >= 15 is 0 Å². The van der Waals surface area contributed by atoms with E-state index in [-0.39, 0.29) is 6.61 Å². The van der Waals surface area contributed by atoms with Crippen LogP contribution in [-0.4, -0.2) is 33.3 Å². The number of nitrogens with one attached hydrogen (secondary N) is 1. The van der Waals surface area contributed by atoms with Crippen LogP contribution in [0.4, 0.5) is 0 Å². The first-order chi connectivity index (χ1) is 7.88. The van der Waals surface area contributed by atoms with Crippen molar-refractivity contribution in [1.82, 2.24) is 20.3 Å². The van der Waals surface area contributed by atoms with E-state index in [0.29, 0.717) is 0 Å². The van der Waals surface area contributed by atoms with Crippen LogP contribution in [0.1, 0.15) is 31.4 Å². The highest BCUT2D eigenvalue weighted by atomic mass is 16.3. The van der Waals surface area contributed by atoms with Gasteiger partial charge >= 0.3 is 0 Å². The van der Waals surface area contributed by atoms with Gasteiger partial charge in [0, 0.05) is 25.9 Å². The van der Waals surface area contributed by atoms with Gasteiger partial charge in [-0.2, -0.15) is 0 Å². The number of aryl methyl sites for hydroxylation is 1. The standard InChI is InChI=1S/C11H20N4O/c16-6-2-5-15-9-11(13-14-15)8-12-7-10-3-1-4-10/h9-10,12,16H,1-8H2. The zero-order valence-corrected chi connectivity index (χ0v) is 9.60. The monoisotopic (exact) mass is 224 g/mol. The summed E-state index contributed by atoms with van der Waals surface area (Å²) in [5.41, 5.74) is 0.984. The molecular weight excluding hydrogens is 204 g/mol. The zero-order chi connectivity index (χ0) is 11.2. The molecule has 16 heavy (non-hydrogen) atoms. The summed E-state index contributed by atoms with van der Waals surface area (Å²) in [4.78, 5) is 0. The maximum absolute atomic E-state index is 8.70. The second kappa shape index (κ2) is 5.96. The van der Waals surface area contributed by atoms with Crippen molar-refractivity contribution in [2.24, 2.45) is 5.92 Å². The fraction of sp³-hybridized carbons (Fsp3) is 0.818. The Bertz CT molecular complexity index is 309. The first-order valence-corrected chi connectivity index (χ1v) is 6.09. The van der Waals surface area contributed by atoms with Crippen LogP contribution in [0, 0.1) is 5.92 Å². The SMILES string of the molecule is OCCCn1cc(CNCC2CCC2)nn1. The number of aliphatic hydroxyl groups is 1. The van der Waals surface area contributed by atoms with Crippen LogP contribution >= 0.6 is 0 Å². The fourth-order valence-electron chi connectivity index (χ4n) is 1.86. The lowest BCUT2D eigenvalue weighted by molar-refractivity contribution is 0.276. The minimum atomic E-state index is 0.203. The second-order valence-electron chi connectivity index (χ2n) is 4.48. The van der Waals surface area contributed by atoms with Gasteiger partial charge in [0.25, 0.3) is 0 Å². The molecule has 0 atom stereocenters. The van der Waals surface area contributed by atoms with Gasteiger partial charge < -0.3 is 10.4 Å². The molecule has 5 heteroatoms. The molecule has 5 nitrogen and oxygen atoms in total. The first kappa shape index (κ1) is 11.5. The van der Waals surface area contributed by atoms with E-state index in [2.05, 4.69) is 15.6 Å². The summed E-state index contributed by atoms with van der Waals surface area (Å²) in [6.45, 7) is 2.85. The van der Waals surface area contributed by atoms with Crippen molar-refractivity contribution >= 4 is 0 Å². The summed E-state index contributed by atoms with van der Waals surface area (Å²) >= 11 is 0. The molecule has 1 saturated carbocycles. The van der Waals surface area contributed by atoms with E-state index in [9.17, 15) is 0 Å². The smallest absolute Gasteiger partial charge is 0.0964 e. The summed E-state index contributed by atoms with van der Waals surface area (Å²) in [7, 11) is 0. The van der Waals surface area contributed by atoms with Crippen molar-refractivity contribution in [2.45, 2.75) is 38.8 Å². The van der Waals surface area contributed by atoms with Crippen LogP contribution < -0.4 is 5.32 Å². The number of aromatic nitrogens is 3. The molecule has 2 N–H and O–H groups in total. The molecule has 0 saturated heterocycles. The highest BCUT2D eigenvalue weighted by Gasteiger charge is 2.16. The predicted octanol–water partition coefficient (Wildman–Crippen LogP) is 0.550. The highest BCUT2D eigenvalue weighted by Crippen LogP contribution is 2.25. The third-order valence-electron chi connectivity index (χ3n) is 3.10. The summed E-state index contributed by atoms with van der Waals surface area (Å²) in [5, 5.41) is 20.2. The minimum absolute atomic E-state index is 0.203. The van der Waals surface area contributed by atoms with E-state index in [0.717, 1.165) is 37.7 Å². The Hall–Kier alpha value is -0.940. The van der Waals surface area contributed by atoms with Crippen LogP contribution in [-0.2, 0) is 13.1 Å². The normalized spacial score (nSPS) is 16.3. The zero-order valence-electron chi connectivity index (χ0n) is 9.60. The van der Waals surface area contributed by atoms with Crippen LogP contribution in [0.3, 0.4) is 0 Å². The van der Waals surface area contributed by atoms with Gasteiger partial charge in [0.2, 0.25) is 0 Å². The van der Waals surface area contributed by atoms with Gasteiger partial charge in [-0.3, -0.25) is 4.68 Å². The van der Waals surface area contributed by atoms with Crippen molar-refractivity contribution in [3.63, 3.8) is 0 Å². The average molecular weight is 224 g/mol. The van der Waals surface area contributed by atoms with Gasteiger partial charge in [-0.05, 0) is 31.7 Å². The van der Waals surface area contributed by atoms with Crippen molar-refractivity contribution < 1.29 is 5.11 Å². The molecule has 1 aromatic rings. The summed E-state index contributed by atoms with van der Waals surface area (Å²) in [5.74, 6) is 0.879. The van der Waals surface area contributed by atoms with Gasteiger partial charge in [0.05, 0.1) is 5.69 Å². The van der Waals surface area contributed by atoms with E-state index in [1.165, 1.54) is 19.3 Å². The third kappa shape index (κ3) is 3.28. The second-order valence-corrected chi connectivity index (χ2v) is 4.48. The predicted molar refractivity (Wildman–Crippen MR) is 60.8 cm³/mol. The Labute approximate surface area is 95.8 Å². The highest BCUT2D eigenvalue weighted by molar-refractivity contribution is 4.91. The number of aliphatic hydroxyl groups excluding tert-OH is 1. The molecule has 2 rings (SSSR count). The lowest BCUT2D eigenvalue weighted by Gasteiger charge is -2.25. The lowest BCUT2D eigenvalue weighted by atomic mass is 9.85. The van der Waals surface area contributed by atoms with Crippen LogP contribution in [0.25, 0.3) is 0 Å². The Balaban J connectivity index is 1.65. The molecule has 0 bridgehead atoms. The fourth-order valence-corrected chi connectivity index (χ4v) is 1.86. The summed E-state index contributed by atoms with van der Waals surface area (Å²) < 4.78 is 1.79. The molecule has 0 amide bonds. The van der Waals surface area contributed by atoms with Crippen LogP contribution in [0.15, 0.2) is 6.20 Å². The molecule has 1 heterocycles. The quantitative estimate of drug-likeness (QED) is 0.710. The Kier molecular flexibility index (Phi) is 4.30. The largest absolute Gasteiger partial charge is 0.396 e. The van der Waals surface area contributed by atoms with E-state index in [4.69, 9.17) is 5.11 Å². The molecule has 0 unspecified atom stereocenters. The molecular formula is C11H20N4O. The van der Waals surface area contributed by atoms with E-state index < -0.39 is 0 Å². The van der Waals surface area contributed by atoms with Crippen molar-refractivity contribution in [1.29, 1.82) is 0 Å².